The highest BCUT2D eigenvalue weighted by Crippen LogP contribution is 2.45. The Labute approximate surface area is 276 Å². The van der Waals surface area contributed by atoms with Gasteiger partial charge in [-0.15, -0.1) is 0 Å². The van der Waals surface area contributed by atoms with Gasteiger partial charge < -0.3 is 0 Å². The quantitative estimate of drug-likeness (QED) is 0.168. The first kappa shape index (κ1) is 29.6. The van der Waals surface area contributed by atoms with Crippen LogP contribution in [0.3, 0.4) is 0 Å². The first-order valence-electron chi connectivity index (χ1n) is 15.2. The molecule has 228 valence electrons. The molecule has 0 N–H and O–H groups in total. The van der Waals surface area contributed by atoms with Gasteiger partial charge in [-0.05, 0) is 113 Å². The van der Waals surface area contributed by atoms with E-state index in [9.17, 15) is 0 Å². The van der Waals surface area contributed by atoms with E-state index >= 15 is 0 Å². The van der Waals surface area contributed by atoms with Crippen LogP contribution in [0.15, 0.2) is 91.1 Å². The second-order valence-corrected chi connectivity index (χ2v) is 14.5. The zero-order valence-corrected chi connectivity index (χ0v) is 28.7. The van der Waals surface area contributed by atoms with E-state index in [0.717, 1.165) is 31.9 Å². The summed E-state index contributed by atoms with van der Waals surface area (Å²) < 4.78 is 3.55. The minimum atomic E-state index is -0.159. The molecule has 1 fully saturated rings. The predicted molar refractivity (Wildman–Crippen MR) is 196 cm³/mol. The molecule has 3 aromatic heterocycles. The number of hydrogen-bond acceptors (Lipinski definition) is 9. The van der Waals surface area contributed by atoms with Gasteiger partial charge in [0.1, 0.15) is 18.5 Å². The Morgan fingerprint density at radius 1 is 0.489 bits per heavy atom. The van der Waals surface area contributed by atoms with Crippen LogP contribution in [0.5, 0.6) is 0 Å². The molecule has 45 heavy (non-hydrogen) atoms. The lowest BCUT2D eigenvalue weighted by Gasteiger charge is -2.55. The molecule has 1 saturated heterocycles. The summed E-state index contributed by atoms with van der Waals surface area (Å²) in [7, 11) is 0. The Morgan fingerprint density at radius 3 is 1.04 bits per heavy atom. The highest BCUT2D eigenvalue weighted by Gasteiger charge is 2.47. The average molecular weight is 649 g/mol. The Bertz CT molecular complexity index is 1850. The topological polar surface area (TPSA) is 48.4 Å². The number of hydrogen-bond donors (Lipinski definition) is 0. The van der Waals surface area contributed by atoms with E-state index in [4.69, 9.17) is 15.0 Å². The molecule has 1 aliphatic heterocycles. The van der Waals surface area contributed by atoms with Gasteiger partial charge in [-0.25, -0.2) is 15.0 Å². The van der Waals surface area contributed by atoms with Crippen LogP contribution in [0.2, 0.25) is 0 Å². The Kier molecular flexibility index (Phi) is 7.93. The van der Waals surface area contributed by atoms with Gasteiger partial charge in [-0.3, -0.25) is 14.7 Å². The summed E-state index contributed by atoms with van der Waals surface area (Å²) in [5, 5.41) is 2.89. The summed E-state index contributed by atoms with van der Waals surface area (Å²) in [5.41, 5.74) is 6.74. The lowest BCUT2D eigenvalue weighted by Crippen LogP contribution is -2.70. The molecular formula is C36H36N6S3. The summed E-state index contributed by atoms with van der Waals surface area (Å²) >= 11 is 5.23. The zero-order chi connectivity index (χ0) is 31.2. The maximum atomic E-state index is 5.25. The second-order valence-electron chi connectivity index (χ2n) is 11.4. The molecule has 0 aliphatic carbocycles. The van der Waals surface area contributed by atoms with Gasteiger partial charge in [-0.1, -0.05) is 70.4 Å². The van der Waals surface area contributed by atoms with Crippen LogP contribution in [0, 0.1) is 20.8 Å². The van der Waals surface area contributed by atoms with Crippen LogP contribution in [0.4, 0.5) is 15.4 Å². The van der Waals surface area contributed by atoms with Crippen LogP contribution in [-0.2, 0) is 0 Å². The fraction of sp³-hybridized carbons (Fsp3) is 0.250. The summed E-state index contributed by atoms with van der Waals surface area (Å²) in [4.78, 5) is 23.1. The summed E-state index contributed by atoms with van der Waals surface area (Å²) in [6, 6.07) is 19.5. The maximum absolute atomic E-state index is 5.25. The lowest BCUT2D eigenvalue weighted by molar-refractivity contribution is 0.441. The summed E-state index contributed by atoms with van der Waals surface area (Å²) in [6.07, 6.45) is 12.8. The van der Waals surface area contributed by atoms with Gasteiger partial charge in [-0.2, -0.15) is 0 Å². The van der Waals surface area contributed by atoms with Gasteiger partial charge >= 0.3 is 0 Å². The van der Waals surface area contributed by atoms with E-state index in [1.54, 1.807) is 34.0 Å². The number of aromatic nitrogens is 3. The van der Waals surface area contributed by atoms with Gasteiger partial charge in [0.25, 0.3) is 0 Å². The molecule has 0 unspecified atom stereocenters. The monoisotopic (exact) mass is 648 g/mol. The smallest absolute Gasteiger partial charge is 0.190 e. The van der Waals surface area contributed by atoms with Crippen molar-refractivity contribution in [2.24, 2.45) is 0 Å². The fourth-order valence-corrected chi connectivity index (χ4v) is 9.39. The molecule has 6 aromatic rings. The number of nitrogens with zero attached hydrogens (tertiary/aromatic N) is 6. The molecule has 3 aromatic carbocycles. The predicted octanol–water partition coefficient (Wildman–Crippen LogP) is 9.98. The first-order valence-corrected chi connectivity index (χ1v) is 17.7. The third-order valence-corrected chi connectivity index (χ3v) is 11.2. The number of allylic oxidation sites excluding steroid dienone is 3. The molecule has 9 heteroatoms. The Balaban J connectivity index is 1.51. The van der Waals surface area contributed by atoms with Crippen molar-refractivity contribution in [1.82, 2.24) is 15.0 Å². The van der Waals surface area contributed by atoms with E-state index in [1.807, 2.05) is 0 Å². The standard InChI is InChI=1S/C36H36N6S3/c1-7-10-31-40(34-37-25-16-13-22(4)19-28(25)43-34)32(11-8-2)42(36-39-27-18-15-24(6)21-30(27)45-36)33(12-9-3)41(31)35-38-26-17-14-23(5)20-29(26)44-35/h7-21,31-33H,1-6H3/b10-7+,11-8+,12-9+. The minimum absolute atomic E-state index is 0.159. The van der Waals surface area contributed by atoms with Gasteiger partial charge in [0.2, 0.25) is 0 Å². The molecule has 1 aliphatic rings. The number of aryl methyl sites for hydroxylation is 3. The van der Waals surface area contributed by atoms with Crippen molar-refractivity contribution in [3.8, 4) is 0 Å². The summed E-state index contributed by atoms with van der Waals surface area (Å²) in [5.74, 6) is 0. The molecule has 0 atom stereocenters. The number of benzene rings is 3. The molecule has 6 nitrogen and oxygen atoms in total. The molecule has 7 rings (SSSR count). The first-order chi connectivity index (χ1) is 21.9. The molecule has 0 bridgehead atoms. The van der Waals surface area contributed by atoms with Crippen LogP contribution in [0.25, 0.3) is 30.6 Å². The number of anilines is 3. The number of thiazole rings is 3. The van der Waals surface area contributed by atoms with Crippen molar-refractivity contribution in [2.75, 3.05) is 14.7 Å². The molecule has 0 spiro atoms. The van der Waals surface area contributed by atoms with E-state index < -0.39 is 0 Å². The van der Waals surface area contributed by atoms with Crippen molar-refractivity contribution < 1.29 is 0 Å². The molecule has 0 amide bonds. The third kappa shape index (κ3) is 5.32. The highest BCUT2D eigenvalue weighted by atomic mass is 32.1. The zero-order valence-electron chi connectivity index (χ0n) is 26.3. The van der Waals surface area contributed by atoms with E-state index in [-0.39, 0.29) is 18.5 Å². The summed E-state index contributed by atoms with van der Waals surface area (Å²) in [6.45, 7) is 12.7. The highest BCUT2D eigenvalue weighted by molar-refractivity contribution is 7.23. The second kappa shape index (κ2) is 12.0. The van der Waals surface area contributed by atoms with E-state index in [0.29, 0.717) is 0 Å². The van der Waals surface area contributed by atoms with E-state index in [2.05, 4.69) is 147 Å². The normalized spacial score (nSPS) is 19.6. The van der Waals surface area contributed by atoms with Gasteiger partial charge in [0.15, 0.2) is 15.4 Å². The molecule has 0 radical (unpaired) electrons. The minimum Gasteiger partial charge on any atom is -0.299 e. The number of rotatable bonds is 6. The molecule has 4 heterocycles. The Morgan fingerprint density at radius 2 is 0.778 bits per heavy atom. The fourth-order valence-electron chi connectivity index (χ4n) is 6.01. The van der Waals surface area contributed by atoms with Gasteiger partial charge in [0, 0.05) is 0 Å². The van der Waals surface area contributed by atoms with Crippen molar-refractivity contribution in [3.05, 3.63) is 108 Å². The molecular weight excluding hydrogens is 613 g/mol. The van der Waals surface area contributed by atoms with Crippen molar-refractivity contribution >= 4 is 80.1 Å². The van der Waals surface area contributed by atoms with Gasteiger partial charge in [0.05, 0.1) is 30.6 Å². The van der Waals surface area contributed by atoms with Crippen LogP contribution < -0.4 is 14.7 Å². The number of fused-ring (bicyclic) bond motifs is 3. The Hall–Kier alpha value is -4.05. The van der Waals surface area contributed by atoms with Crippen LogP contribution in [-0.4, -0.2) is 33.4 Å². The van der Waals surface area contributed by atoms with Crippen molar-refractivity contribution in [1.29, 1.82) is 0 Å². The van der Waals surface area contributed by atoms with Crippen LogP contribution in [0.1, 0.15) is 37.5 Å². The molecule has 0 saturated carbocycles. The van der Waals surface area contributed by atoms with Crippen molar-refractivity contribution in [2.45, 2.75) is 60.0 Å². The largest absolute Gasteiger partial charge is 0.299 e. The average Bonchev–Trinajstić information content (AvgIpc) is 3.73. The lowest BCUT2D eigenvalue weighted by atomic mass is 10.1. The van der Waals surface area contributed by atoms with Crippen molar-refractivity contribution in [3.63, 3.8) is 0 Å². The van der Waals surface area contributed by atoms with E-state index in [1.165, 1.54) is 30.8 Å². The third-order valence-electron chi connectivity index (χ3n) is 8.06. The SMILES string of the molecule is C/C=C/C1N(c2nc3ccc(C)cc3s2)C(/C=C/C)N(c2nc3ccc(C)cc3s2)C(/C=C/C)N1c1nc2ccc(C)cc2s1. The maximum Gasteiger partial charge on any atom is 0.190 e. The van der Waals surface area contributed by atoms with Crippen LogP contribution >= 0.6 is 34.0 Å².